The first kappa shape index (κ1) is 22.9. The molecular formula is C26H30N2O5. The molecule has 0 radical (unpaired) electrons. The Bertz CT molecular complexity index is 1050. The molecule has 4 rings (SSSR count). The topological polar surface area (TPSA) is 79.3 Å². The summed E-state index contributed by atoms with van der Waals surface area (Å²) < 4.78 is 10.8. The van der Waals surface area contributed by atoms with E-state index >= 15 is 0 Å². The highest BCUT2D eigenvalue weighted by atomic mass is 16.5. The van der Waals surface area contributed by atoms with Crippen LogP contribution in [0.15, 0.2) is 54.2 Å². The van der Waals surface area contributed by atoms with Gasteiger partial charge >= 0.3 is 0 Å². The van der Waals surface area contributed by atoms with Crippen LogP contribution in [-0.2, 0) is 16.0 Å². The highest BCUT2D eigenvalue weighted by Crippen LogP contribution is 2.37. The van der Waals surface area contributed by atoms with Gasteiger partial charge in [-0.3, -0.25) is 14.5 Å². The molecule has 1 atom stereocenters. The van der Waals surface area contributed by atoms with E-state index in [1.165, 1.54) is 4.90 Å². The molecule has 1 saturated heterocycles. The second kappa shape index (κ2) is 10.1. The average molecular weight is 451 g/mol. The second-order valence-corrected chi connectivity index (χ2v) is 8.43. The summed E-state index contributed by atoms with van der Waals surface area (Å²) in [6.45, 7) is 1.59. The molecule has 33 heavy (non-hydrogen) atoms. The van der Waals surface area contributed by atoms with E-state index in [-0.39, 0.29) is 24.3 Å². The van der Waals surface area contributed by atoms with Crippen LogP contribution in [0, 0.1) is 5.92 Å². The quantitative estimate of drug-likeness (QED) is 0.623. The number of hydrogen-bond donors (Lipinski definition) is 1. The van der Waals surface area contributed by atoms with Gasteiger partial charge in [-0.05, 0) is 48.4 Å². The zero-order chi connectivity index (χ0) is 23.4. The standard InChI is InChI=1S/C26H30N2O5/c1-32-21-11-10-20(15-22(21)33-2)23-24(27-13-6-9-19(16-27)17-29)26(31)28(25(23)30)14-12-18-7-4-3-5-8-18/h3-5,7-8,10-11,15,19,29H,6,9,12-14,16-17H2,1-2H3. The number of imide groups is 1. The highest BCUT2D eigenvalue weighted by Gasteiger charge is 2.42. The third-order valence-corrected chi connectivity index (χ3v) is 6.38. The molecule has 7 nitrogen and oxygen atoms in total. The first-order valence-corrected chi connectivity index (χ1v) is 11.3. The Morgan fingerprint density at radius 1 is 1.00 bits per heavy atom. The number of rotatable bonds is 8. The number of hydrogen-bond acceptors (Lipinski definition) is 6. The summed E-state index contributed by atoms with van der Waals surface area (Å²) in [7, 11) is 3.10. The minimum Gasteiger partial charge on any atom is -0.493 e. The number of amides is 2. The van der Waals surface area contributed by atoms with E-state index < -0.39 is 0 Å². The monoisotopic (exact) mass is 450 g/mol. The molecule has 174 valence electrons. The normalized spacial score (nSPS) is 18.8. The number of piperidine rings is 1. The van der Waals surface area contributed by atoms with Crippen molar-refractivity contribution in [1.29, 1.82) is 0 Å². The molecule has 2 aliphatic heterocycles. The van der Waals surface area contributed by atoms with Crippen LogP contribution in [-0.4, -0.2) is 67.2 Å². The third-order valence-electron chi connectivity index (χ3n) is 6.38. The molecule has 1 N–H and O–H groups in total. The SMILES string of the molecule is COc1ccc(C2=C(N3CCCC(CO)C3)C(=O)N(CCc3ccccc3)C2=O)cc1OC. The molecule has 0 saturated carbocycles. The summed E-state index contributed by atoms with van der Waals surface area (Å²) in [4.78, 5) is 30.5. The van der Waals surface area contributed by atoms with Crippen LogP contribution in [0.3, 0.4) is 0 Å². The Labute approximate surface area is 194 Å². The largest absolute Gasteiger partial charge is 0.493 e. The van der Waals surface area contributed by atoms with Crippen molar-refractivity contribution in [2.45, 2.75) is 19.3 Å². The smallest absolute Gasteiger partial charge is 0.277 e. The molecule has 2 aliphatic rings. The predicted molar refractivity (Wildman–Crippen MR) is 125 cm³/mol. The lowest BCUT2D eigenvalue weighted by Gasteiger charge is -2.34. The van der Waals surface area contributed by atoms with Gasteiger partial charge in [-0.2, -0.15) is 0 Å². The van der Waals surface area contributed by atoms with Gasteiger partial charge in [-0.1, -0.05) is 36.4 Å². The lowest BCUT2D eigenvalue weighted by atomic mass is 9.96. The van der Waals surface area contributed by atoms with Crippen molar-refractivity contribution in [1.82, 2.24) is 9.80 Å². The molecule has 0 bridgehead atoms. The van der Waals surface area contributed by atoms with Crippen LogP contribution in [0.4, 0.5) is 0 Å². The molecule has 2 heterocycles. The Kier molecular flexibility index (Phi) is 6.99. The van der Waals surface area contributed by atoms with Gasteiger partial charge in [0, 0.05) is 26.2 Å². The van der Waals surface area contributed by atoms with Crippen LogP contribution < -0.4 is 9.47 Å². The lowest BCUT2D eigenvalue weighted by molar-refractivity contribution is -0.137. The van der Waals surface area contributed by atoms with E-state index in [4.69, 9.17) is 9.47 Å². The summed E-state index contributed by atoms with van der Waals surface area (Å²) >= 11 is 0. The fraction of sp³-hybridized carbons (Fsp3) is 0.385. The number of methoxy groups -OCH3 is 2. The summed E-state index contributed by atoms with van der Waals surface area (Å²) in [5.41, 5.74) is 2.48. The number of aliphatic hydroxyl groups excluding tert-OH is 1. The first-order valence-electron chi connectivity index (χ1n) is 11.3. The molecule has 1 unspecified atom stereocenters. The van der Waals surface area contributed by atoms with E-state index in [9.17, 15) is 14.7 Å². The lowest BCUT2D eigenvalue weighted by Crippen LogP contribution is -2.41. The molecule has 1 fully saturated rings. The maximum absolute atomic E-state index is 13.6. The van der Waals surface area contributed by atoms with E-state index in [0.29, 0.717) is 54.4 Å². The van der Waals surface area contributed by atoms with Crippen LogP contribution in [0.5, 0.6) is 11.5 Å². The minimum atomic E-state index is -0.302. The molecule has 2 aromatic rings. The Morgan fingerprint density at radius 2 is 1.76 bits per heavy atom. The summed E-state index contributed by atoms with van der Waals surface area (Å²) in [6.07, 6.45) is 2.36. The summed E-state index contributed by atoms with van der Waals surface area (Å²) in [6, 6.07) is 15.1. The maximum Gasteiger partial charge on any atom is 0.277 e. The van der Waals surface area contributed by atoms with Gasteiger partial charge < -0.3 is 19.5 Å². The van der Waals surface area contributed by atoms with Crippen molar-refractivity contribution in [2.24, 2.45) is 5.92 Å². The number of carbonyl (C=O) groups excluding carboxylic acids is 2. The van der Waals surface area contributed by atoms with E-state index in [1.807, 2.05) is 35.2 Å². The van der Waals surface area contributed by atoms with Gasteiger partial charge in [0.15, 0.2) is 11.5 Å². The van der Waals surface area contributed by atoms with Crippen molar-refractivity contribution < 1.29 is 24.2 Å². The van der Waals surface area contributed by atoms with Gasteiger partial charge in [0.2, 0.25) is 0 Å². The molecule has 0 aliphatic carbocycles. The van der Waals surface area contributed by atoms with Crippen LogP contribution in [0.25, 0.3) is 5.57 Å². The van der Waals surface area contributed by atoms with E-state index in [1.54, 1.807) is 32.4 Å². The second-order valence-electron chi connectivity index (χ2n) is 8.43. The number of likely N-dealkylation sites (tertiary alicyclic amines) is 1. The number of ether oxygens (including phenoxy) is 2. The average Bonchev–Trinajstić information content (AvgIpc) is 3.12. The van der Waals surface area contributed by atoms with Crippen LogP contribution >= 0.6 is 0 Å². The van der Waals surface area contributed by atoms with Gasteiger partial charge in [-0.25, -0.2) is 0 Å². The van der Waals surface area contributed by atoms with E-state index in [2.05, 4.69) is 0 Å². The molecular weight excluding hydrogens is 420 g/mol. The Hall–Kier alpha value is -3.32. The van der Waals surface area contributed by atoms with Gasteiger partial charge in [-0.15, -0.1) is 0 Å². The van der Waals surface area contributed by atoms with Crippen LogP contribution in [0.2, 0.25) is 0 Å². The summed E-state index contributed by atoms with van der Waals surface area (Å²) in [5, 5.41) is 9.71. The Balaban J connectivity index is 1.71. The fourth-order valence-corrected chi connectivity index (χ4v) is 4.61. The minimum absolute atomic E-state index is 0.0648. The predicted octanol–water partition coefficient (Wildman–Crippen LogP) is 2.73. The van der Waals surface area contributed by atoms with Crippen molar-refractivity contribution in [2.75, 3.05) is 40.5 Å². The molecule has 0 aromatic heterocycles. The zero-order valence-electron chi connectivity index (χ0n) is 19.1. The molecule has 0 spiro atoms. The number of aliphatic hydroxyl groups is 1. The zero-order valence-corrected chi connectivity index (χ0v) is 19.1. The summed E-state index contributed by atoms with van der Waals surface area (Å²) in [5.74, 6) is 0.555. The van der Waals surface area contributed by atoms with Crippen molar-refractivity contribution in [3.05, 3.63) is 65.4 Å². The van der Waals surface area contributed by atoms with Gasteiger partial charge in [0.05, 0.1) is 19.8 Å². The van der Waals surface area contributed by atoms with E-state index in [0.717, 1.165) is 18.4 Å². The van der Waals surface area contributed by atoms with Crippen molar-refractivity contribution >= 4 is 17.4 Å². The fourth-order valence-electron chi connectivity index (χ4n) is 4.61. The molecule has 7 heteroatoms. The number of benzene rings is 2. The third kappa shape index (κ3) is 4.59. The number of nitrogens with zero attached hydrogens (tertiary/aromatic N) is 2. The highest BCUT2D eigenvalue weighted by molar-refractivity contribution is 6.35. The van der Waals surface area contributed by atoms with Crippen LogP contribution in [0.1, 0.15) is 24.0 Å². The first-order chi connectivity index (χ1) is 16.1. The van der Waals surface area contributed by atoms with Crippen molar-refractivity contribution in [3.63, 3.8) is 0 Å². The maximum atomic E-state index is 13.6. The Morgan fingerprint density at radius 3 is 2.45 bits per heavy atom. The van der Waals surface area contributed by atoms with Gasteiger partial charge in [0.1, 0.15) is 5.70 Å². The van der Waals surface area contributed by atoms with Crippen molar-refractivity contribution in [3.8, 4) is 11.5 Å². The molecule has 2 aromatic carbocycles. The number of carbonyl (C=O) groups is 2. The van der Waals surface area contributed by atoms with Gasteiger partial charge in [0.25, 0.3) is 11.8 Å². The molecule has 2 amide bonds.